The second-order valence-corrected chi connectivity index (χ2v) is 9.47. The molecule has 0 atom stereocenters. The first kappa shape index (κ1) is 18.5. The number of anilines is 2. The molecule has 0 aliphatic carbocycles. The van der Waals surface area contributed by atoms with E-state index in [0.29, 0.717) is 0 Å². The quantitative estimate of drug-likeness (QED) is 0.341. The van der Waals surface area contributed by atoms with E-state index in [-0.39, 0.29) is 13.6 Å². The van der Waals surface area contributed by atoms with Crippen molar-refractivity contribution in [1.82, 2.24) is 0 Å². The molecule has 5 aromatic rings. The van der Waals surface area contributed by atoms with E-state index in [2.05, 4.69) is 71.5 Å². The van der Waals surface area contributed by atoms with Gasteiger partial charge in [-0.05, 0) is 46.0 Å². The lowest BCUT2D eigenvalue weighted by Gasteiger charge is -2.45. The summed E-state index contributed by atoms with van der Waals surface area (Å²) in [6, 6.07) is 31.4. The summed E-state index contributed by atoms with van der Waals surface area (Å²) in [5, 5.41) is 4.50. The Morgan fingerprint density at radius 1 is 0.543 bits per heavy atom. The van der Waals surface area contributed by atoms with Crippen molar-refractivity contribution < 1.29 is 18.5 Å². The van der Waals surface area contributed by atoms with Crippen LogP contribution in [0.3, 0.4) is 0 Å². The minimum absolute atomic E-state index is 0.254. The molecular weight excluding hydrogens is 434 g/mol. The Morgan fingerprint density at radius 2 is 1.20 bits per heavy atom. The van der Waals surface area contributed by atoms with Gasteiger partial charge >= 0.3 is 28.0 Å². The standard InChI is InChI=1S/C26H15B4NO4/c1-6-16-8-3-14-22-24(16)18(10-1)28-27(32-22)19-11-5-13-21-26(19)29(34-28)35-30-31(21)20-12-2-7-17-9-4-15-23(33-30)25(17)20/h1-15H. The van der Waals surface area contributed by atoms with Crippen LogP contribution >= 0.6 is 0 Å². The molecule has 4 aliphatic heterocycles. The zero-order valence-corrected chi connectivity index (χ0v) is 18.5. The summed E-state index contributed by atoms with van der Waals surface area (Å²) in [4.78, 5) is 2.14. The average Bonchev–Trinajstić information content (AvgIpc) is 2.90. The number of hydrogen-bond donors (Lipinski definition) is 0. The number of benzene rings is 5. The maximum absolute atomic E-state index is 6.70. The van der Waals surface area contributed by atoms with Gasteiger partial charge < -0.3 is 23.3 Å². The van der Waals surface area contributed by atoms with E-state index in [9.17, 15) is 0 Å². The summed E-state index contributed by atoms with van der Waals surface area (Å²) >= 11 is 0. The van der Waals surface area contributed by atoms with Crippen LogP contribution < -0.4 is 30.5 Å². The van der Waals surface area contributed by atoms with Crippen molar-refractivity contribution >= 4 is 77.3 Å². The van der Waals surface area contributed by atoms with Crippen molar-refractivity contribution in [2.45, 2.75) is 0 Å². The molecule has 9 rings (SSSR count). The van der Waals surface area contributed by atoms with E-state index in [1.165, 1.54) is 0 Å². The average molecular weight is 449 g/mol. The van der Waals surface area contributed by atoms with Crippen LogP contribution in [0.15, 0.2) is 91.0 Å². The largest absolute Gasteiger partial charge is 0.656 e. The molecule has 4 aliphatic rings. The van der Waals surface area contributed by atoms with Gasteiger partial charge in [-0.2, -0.15) is 0 Å². The first-order valence-corrected chi connectivity index (χ1v) is 11.9. The normalized spacial score (nSPS) is 16.5. The van der Waals surface area contributed by atoms with E-state index in [4.69, 9.17) is 18.5 Å². The van der Waals surface area contributed by atoms with Crippen molar-refractivity contribution in [3.63, 3.8) is 0 Å². The second-order valence-electron chi connectivity index (χ2n) is 9.47. The lowest BCUT2D eigenvalue weighted by Crippen LogP contribution is -2.75. The van der Waals surface area contributed by atoms with E-state index < -0.39 is 14.4 Å². The van der Waals surface area contributed by atoms with Gasteiger partial charge in [0.15, 0.2) is 0 Å². The molecule has 0 saturated heterocycles. The third kappa shape index (κ3) is 2.30. The Morgan fingerprint density at radius 3 is 2.06 bits per heavy atom. The van der Waals surface area contributed by atoms with Gasteiger partial charge in [0.1, 0.15) is 11.5 Å². The summed E-state index contributed by atoms with van der Waals surface area (Å²) < 4.78 is 26.3. The van der Waals surface area contributed by atoms with Gasteiger partial charge in [0, 0.05) is 27.6 Å². The molecule has 0 spiro atoms. The van der Waals surface area contributed by atoms with E-state index in [0.717, 1.165) is 60.8 Å². The minimum atomic E-state index is -0.618. The first-order chi connectivity index (χ1) is 17.3. The molecule has 4 heterocycles. The van der Waals surface area contributed by atoms with Crippen molar-refractivity contribution in [1.29, 1.82) is 0 Å². The fourth-order valence-electron chi connectivity index (χ4n) is 6.29. The van der Waals surface area contributed by atoms with Crippen molar-refractivity contribution in [3.8, 4) is 11.5 Å². The monoisotopic (exact) mass is 449 g/mol. The van der Waals surface area contributed by atoms with Crippen LogP contribution in [-0.2, 0) is 9.14 Å². The highest BCUT2D eigenvalue weighted by Crippen LogP contribution is 2.44. The number of fused-ring (bicyclic) bond motifs is 6. The highest BCUT2D eigenvalue weighted by atomic mass is 16.6. The van der Waals surface area contributed by atoms with Gasteiger partial charge in [-0.15, -0.1) is 0 Å². The Labute approximate surface area is 203 Å². The molecule has 0 unspecified atom stereocenters. The molecule has 0 fully saturated rings. The van der Waals surface area contributed by atoms with Gasteiger partial charge in [-0.3, -0.25) is 0 Å². The molecule has 5 aromatic carbocycles. The van der Waals surface area contributed by atoms with Crippen molar-refractivity contribution in [2.75, 3.05) is 4.81 Å². The van der Waals surface area contributed by atoms with Crippen LogP contribution in [0.5, 0.6) is 11.5 Å². The van der Waals surface area contributed by atoms with E-state index in [1.807, 2.05) is 24.3 Å². The molecule has 0 saturated carbocycles. The predicted molar refractivity (Wildman–Crippen MR) is 142 cm³/mol. The molecule has 0 amide bonds. The molecule has 5 nitrogen and oxygen atoms in total. The highest BCUT2D eigenvalue weighted by molar-refractivity contribution is 7.32. The van der Waals surface area contributed by atoms with Gasteiger partial charge in [-0.1, -0.05) is 66.7 Å². The van der Waals surface area contributed by atoms with Gasteiger partial charge in [-0.25, -0.2) is 0 Å². The van der Waals surface area contributed by atoms with Gasteiger partial charge in [0.2, 0.25) is 0 Å². The summed E-state index contributed by atoms with van der Waals surface area (Å²) in [6.45, 7) is -0.525. The van der Waals surface area contributed by atoms with E-state index >= 15 is 0 Å². The first-order valence-electron chi connectivity index (χ1n) is 11.9. The molecular formula is C26H15B4NO4. The summed E-state index contributed by atoms with van der Waals surface area (Å²) in [5.74, 6) is 1.72. The minimum Gasteiger partial charge on any atom is -0.559 e. The zero-order valence-electron chi connectivity index (χ0n) is 18.5. The number of rotatable bonds is 0. The van der Waals surface area contributed by atoms with Crippen LogP contribution in [0.4, 0.5) is 11.4 Å². The lowest BCUT2D eigenvalue weighted by molar-refractivity contribution is 0.376. The Balaban J connectivity index is 1.27. The molecule has 9 heteroatoms. The molecule has 0 aromatic heterocycles. The molecule has 0 N–H and O–H groups in total. The summed E-state index contributed by atoms with van der Waals surface area (Å²) in [7, 11) is -1.18. The van der Waals surface area contributed by atoms with Crippen LogP contribution in [0.2, 0.25) is 0 Å². The number of hydrogen-bond acceptors (Lipinski definition) is 5. The SMILES string of the molecule is c1cc2c3c(c1)N1B(OB3OB3B2Oc2cccc4cccc3c24)Oc2cccc3cccc1c23. The lowest BCUT2D eigenvalue weighted by atomic mass is 9.17. The maximum atomic E-state index is 6.70. The third-order valence-electron chi connectivity index (χ3n) is 7.71. The predicted octanol–water partition coefficient (Wildman–Crippen LogP) is 2.83. The Kier molecular flexibility index (Phi) is 3.41. The molecule has 0 radical (unpaired) electrons. The maximum Gasteiger partial charge on any atom is 0.656 e. The van der Waals surface area contributed by atoms with Crippen LogP contribution in [0.25, 0.3) is 21.5 Å². The van der Waals surface area contributed by atoms with Crippen molar-refractivity contribution in [3.05, 3.63) is 91.0 Å². The topological polar surface area (TPSA) is 40.2 Å². The number of nitrogens with zero attached hydrogens (tertiary/aromatic N) is 1. The highest BCUT2D eigenvalue weighted by Gasteiger charge is 2.57. The molecule has 160 valence electrons. The van der Waals surface area contributed by atoms with Crippen LogP contribution in [0.1, 0.15) is 0 Å². The Bertz CT molecular complexity index is 1720. The summed E-state index contributed by atoms with van der Waals surface area (Å²) in [5.41, 5.74) is 5.35. The van der Waals surface area contributed by atoms with Gasteiger partial charge in [0.25, 0.3) is 0 Å². The third-order valence-corrected chi connectivity index (χ3v) is 7.71. The fraction of sp³-hybridized carbons (Fsp3) is 0. The zero-order chi connectivity index (χ0) is 22.7. The van der Waals surface area contributed by atoms with Crippen LogP contribution in [-0.4, -0.2) is 28.0 Å². The van der Waals surface area contributed by atoms with E-state index in [1.54, 1.807) is 0 Å². The fourth-order valence-corrected chi connectivity index (χ4v) is 6.29. The van der Waals surface area contributed by atoms with Crippen LogP contribution in [0, 0.1) is 0 Å². The Hall–Kier alpha value is -3.80. The van der Waals surface area contributed by atoms with Gasteiger partial charge in [0.05, 0.1) is 0 Å². The van der Waals surface area contributed by atoms with Crippen molar-refractivity contribution in [2.24, 2.45) is 0 Å². The summed E-state index contributed by atoms with van der Waals surface area (Å²) in [6.07, 6.45) is 0. The second kappa shape index (κ2) is 6.45. The molecule has 35 heavy (non-hydrogen) atoms. The smallest absolute Gasteiger partial charge is 0.559 e. The molecule has 0 bridgehead atoms.